The van der Waals surface area contributed by atoms with Crippen LogP contribution in [0.5, 0.6) is 11.5 Å². The smallest absolute Gasteiger partial charge is 0.123 e. The molecule has 0 saturated heterocycles. The average molecular weight is 333 g/mol. The molecule has 5 nitrogen and oxygen atoms in total. The van der Waals surface area contributed by atoms with Crippen molar-refractivity contribution in [2.24, 2.45) is 7.05 Å². The fraction of sp³-hybridized carbons (Fsp3) is 0.200. The van der Waals surface area contributed by atoms with Crippen LogP contribution in [0.3, 0.4) is 0 Å². The zero-order chi connectivity index (χ0) is 18.0. The first-order chi connectivity index (χ1) is 12.1. The molecule has 0 fully saturated rings. The Labute approximate surface area is 146 Å². The third-order valence-electron chi connectivity index (χ3n) is 4.29. The summed E-state index contributed by atoms with van der Waals surface area (Å²) in [6.07, 6.45) is 1.53. The van der Waals surface area contributed by atoms with Crippen molar-refractivity contribution >= 4 is 16.6 Å². The molecule has 3 rings (SSSR count). The number of methoxy groups -OCH3 is 2. The molecule has 3 aromatic rings. The Morgan fingerprint density at radius 3 is 2.36 bits per heavy atom. The molecule has 0 aliphatic heterocycles. The van der Waals surface area contributed by atoms with Crippen molar-refractivity contribution in [3.05, 3.63) is 59.4 Å². The van der Waals surface area contributed by atoms with Gasteiger partial charge >= 0.3 is 0 Å². The number of aromatic nitrogens is 2. The first-order valence-electron chi connectivity index (χ1n) is 7.84. The quantitative estimate of drug-likeness (QED) is 0.680. The molecule has 0 unspecified atom stereocenters. The van der Waals surface area contributed by atoms with Crippen LogP contribution in [0, 0.1) is 18.3 Å². The molecule has 0 bridgehead atoms. The predicted molar refractivity (Wildman–Crippen MR) is 97.7 cm³/mol. The first kappa shape index (κ1) is 16.6. The number of allylic oxidation sites excluding steroid dienone is 1. The molecule has 0 aliphatic carbocycles. The van der Waals surface area contributed by atoms with Gasteiger partial charge in [-0.05, 0) is 47.9 Å². The Hall–Kier alpha value is -3.26. The average Bonchev–Trinajstić information content (AvgIpc) is 2.92. The molecule has 0 N–H and O–H groups in total. The fourth-order valence-electron chi connectivity index (χ4n) is 2.85. The molecule has 1 aromatic heterocycles. The van der Waals surface area contributed by atoms with Crippen LogP contribution in [0.25, 0.3) is 16.6 Å². The van der Waals surface area contributed by atoms with Gasteiger partial charge in [0.15, 0.2) is 0 Å². The molecule has 0 radical (unpaired) electrons. The number of rotatable bonds is 4. The van der Waals surface area contributed by atoms with Crippen LogP contribution in [0.4, 0.5) is 0 Å². The second kappa shape index (κ2) is 6.70. The van der Waals surface area contributed by atoms with E-state index in [2.05, 4.69) is 11.1 Å². The van der Waals surface area contributed by atoms with Gasteiger partial charge < -0.3 is 14.0 Å². The number of ether oxygens (including phenoxy) is 2. The van der Waals surface area contributed by atoms with E-state index in [4.69, 9.17) is 9.47 Å². The van der Waals surface area contributed by atoms with Crippen LogP contribution < -0.4 is 9.47 Å². The third kappa shape index (κ3) is 3.07. The Morgan fingerprint density at radius 2 is 1.76 bits per heavy atom. The minimum Gasteiger partial charge on any atom is -0.497 e. The summed E-state index contributed by atoms with van der Waals surface area (Å²) in [5.41, 5.74) is 4.52. The fourth-order valence-corrected chi connectivity index (χ4v) is 2.85. The summed E-state index contributed by atoms with van der Waals surface area (Å²) >= 11 is 0. The molecule has 0 amide bonds. The number of aryl methyl sites for hydroxylation is 2. The van der Waals surface area contributed by atoms with Crippen molar-refractivity contribution in [3.8, 4) is 17.6 Å². The molecule has 0 saturated carbocycles. The summed E-state index contributed by atoms with van der Waals surface area (Å²) in [6.45, 7) is 1.97. The highest BCUT2D eigenvalue weighted by atomic mass is 16.5. The SMILES string of the molecule is COc1cc(OC)cc(/C(=C/C#N)c2ccc3c(c2)nc(C)n3C)c1. The zero-order valence-corrected chi connectivity index (χ0v) is 14.7. The van der Waals surface area contributed by atoms with Gasteiger partial charge in [0.05, 0.1) is 31.3 Å². The van der Waals surface area contributed by atoms with Crippen molar-refractivity contribution in [2.45, 2.75) is 6.92 Å². The van der Waals surface area contributed by atoms with Gasteiger partial charge in [0.2, 0.25) is 0 Å². The number of imidazole rings is 1. The Balaban J connectivity index is 2.17. The second-order valence-electron chi connectivity index (χ2n) is 5.71. The number of benzene rings is 2. The van der Waals surface area contributed by atoms with Crippen LogP contribution in [-0.2, 0) is 7.05 Å². The van der Waals surface area contributed by atoms with Gasteiger partial charge in [-0.2, -0.15) is 5.26 Å². The topological polar surface area (TPSA) is 60.1 Å². The molecule has 0 atom stereocenters. The largest absolute Gasteiger partial charge is 0.497 e. The number of fused-ring (bicyclic) bond motifs is 1. The van der Waals surface area contributed by atoms with Crippen LogP contribution >= 0.6 is 0 Å². The molecule has 5 heteroatoms. The molecular weight excluding hydrogens is 314 g/mol. The maximum atomic E-state index is 9.27. The highest BCUT2D eigenvalue weighted by molar-refractivity contribution is 5.88. The number of nitriles is 1. The lowest BCUT2D eigenvalue weighted by Crippen LogP contribution is -1.94. The molecule has 25 heavy (non-hydrogen) atoms. The minimum atomic E-state index is 0.674. The van der Waals surface area contributed by atoms with Crippen LogP contribution in [-0.4, -0.2) is 23.8 Å². The summed E-state index contributed by atoms with van der Waals surface area (Å²) in [4.78, 5) is 4.58. The van der Waals surface area contributed by atoms with Crippen LogP contribution in [0.15, 0.2) is 42.5 Å². The summed E-state index contributed by atoms with van der Waals surface area (Å²) in [7, 11) is 5.20. The summed E-state index contributed by atoms with van der Waals surface area (Å²) in [6, 6.07) is 13.7. The monoisotopic (exact) mass is 333 g/mol. The zero-order valence-electron chi connectivity index (χ0n) is 14.7. The first-order valence-corrected chi connectivity index (χ1v) is 7.84. The molecule has 0 spiro atoms. The Morgan fingerprint density at radius 1 is 1.08 bits per heavy atom. The lowest BCUT2D eigenvalue weighted by molar-refractivity contribution is 0.394. The van der Waals surface area contributed by atoms with E-state index in [0.717, 1.165) is 33.6 Å². The molecule has 2 aromatic carbocycles. The second-order valence-corrected chi connectivity index (χ2v) is 5.71. The van der Waals surface area contributed by atoms with E-state index in [-0.39, 0.29) is 0 Å². The van der Waals surface area contributed by atoms with Crippen molar-refractivity contribution in [1.82, 2.24) is 9.55 Å². The highest BCUT2D eigenvalue weighted by Crippen LogP contribution is 2.32. The number of hydrogen-bond donors (Lipinski definition) is 0. The van der Waals surface area contributed by atoms with E-state index >= 15 is 0 Å². The van der Waals surface area contributed by atoms with Crippen LogP contribution in [0.1, 0.15) is 17.0 Å². The van der Waals surface area contributed by atoms with Crippen molar-refractivity contribution in [2.75, 3.05) is 14.2 Å². The van der Waals surface area contributed by atoms with Gasteiger partial charge in [0.25, 0.3) is 0 Å². The molecular formula is C20H19N3O2. The molecule has 126 valence electrons. The van der Waals surface area contributed by atoms with Crippen molar-refractivity contribution < 1.29 is 9.47 Å². The minimum absolute atomic E-state index is 0.674. The normalized spacial score (nSPS) is 11.4. The van der Waals surface area contributed by atoms with Gasteiger partial charge in [-0.1, -0.05) is 6.07 Å². The summed E-state index contributed by atoms with van der Waals surface area (Å²) in [5, 5.41) is 9.27. The van der Waals surface area contributed by atoms with Gasteiger partial charge in [-0.15, -0.1) is 0 Å². The van der Waals surface area contributed by atoms with Crippen LogP contribution in [0.2, 0.25) is 0 Å². The maximum absolute atomic E-state index is 9.27. The molecule has 1 heterocycles. The standard InChI is InChI=1S/C20H19N3O2/c1-13-22-19-11-14(5-6-20(19)23(13)2)18(7-8-21)15-9-16(24-3)12-17(10-15)25-4/h5-7,9-12H,1-4H3/b18-7+. The van der Waals surface area contributed by atoms with Crippen molar-refractivity contribution in [1.29, 1.82) is 5.26 Å². The Bertz CT molecular complexity index is 987. The summed E-state index contributed by atoms with van der Waals surface area (Å²) in [5.74, 6) is 2.29. The number of nitrogens with zero attached hydrogens (tertiary/aromatic N) is 3. The van der Waals surface area contributed by atoms with E-state index in [1.807, 2.05) is 48.9 Å². The summed E-state index contributed by atoms with van der Waals surface area (Å²) < 4.78 is 12.7. The molecule has 0 aliphatic rings. The van der Waals surface area contributed by atoms with E-state index in [0.29, 0.717) is 11.5 Å². The third-order valence-corrected chi connectivity index (χ3v) is 4.29. The van der Waals surface area contributed by atoms with Gasteiger partial charge in [-0.3, -0.25) is 0 Å². The van der Waals surface area contributed by atoms with Gasteiger partial charge in [0, 0.05) is 19.2 Å². The predicted octanol–water partition coefficient (Wildman–Crippen LogP) is 3.85. The highest BCUT2D eigenvalue weighted by Gasteiger charge is 2.12. The van der Waals surface area contributed by atoms with E-state index < -0.39 is 0 Å². The van der Waals surface area contributed by atoms with E-state index in [1.165, 1.54) is 6.08 Å². The van der Waals surface area contributed by atoms with Gasteiger partial charge in [0.1, 0.15) is 17.3 Å². The number of hydrogen-bond acceptors (Lipinski definition) is 4. The lowest BCUT2D eigenvalue weighted by Gasteiger charge is -2.11. The van der Waals surface area contributed by atoms with E-state index in [9.17, 15) is 5.26 Å². The van der Waals surface area contributed by atoms with Gasteiger partial charge in [-0.25, -0.2) is 4.98 Å². The maximum Gasteiger partial charge on any atom is 0.123 e. The van der Waals surface area contributed by atoms with E-state index in [1.54, 1.807) is 20.3 Å². The van der Waals surface area contributed by atoms with Crippen molar-refractivity contribution in [3.63, 3.8) is 0 Å². The Kier molecular flexibility index (Phi) is 4.44. The lowest BCUT2D eigenvalue weighted by atomic mass is 9.97.